The Bertz CT molecular complexity index is 2010. The van der Waals surface area contributed by atoms with E-state index in [4.69, 9.17) is 32.7 Å². The van der Waals surface area contributed by atoms with Gasteiger partial charge in [0.25, 0.3) is 0 Å². The fourth-order valence-corrected chi connectivity index (χ4v) is 11.0. The Morgan fingerprint density at radius 1 is 0.614 bits per heavy atom. The lowest BCUT2D eigenvalue weighted by Gasteiger charge is -2.29. The Morgan fingerprint density at radius 3 is 1.37 bits per heavy atom. The minimum absolute atomic E-state index is 0.194. The first-order valence-corrected chi connectivity index (χ1v) is 23.2. The van der Waals surface area contributed by atoms with Crippen LogP contribution in [0.15, 0.2) is 160 Å². The van der Waals surface area contributed by atoms with Crippen LogP contribution in [0.3, 0.4) is 0 Å². The van der Waals surface area contributed by atoms with Crippen LogP contribution in [-0.4, -0.2) is 42.1 Å². The van der Waals surface area contributed by atoms with Crippen molar-refractivity contribution in [3.8, 4) is 0 Å². The molecule has 5 nitrogen and oxygen atoms in total. The summed E-state index contributed by atoms with van der Waals surface area (Å²) in [7, 11) is 0. The van der Waals surface area contributed by atoms with Gasteiger partial charge in [0.1, 0.15) is 5.78 Å². The van der Waals surface area contributed by atoms with Gasteiger partial charge in [-0.2, -0.15) is 0 Å². The number of alkyl halides is 2. The average molecular weight is 954 g/mol. The summed E-state index contributed by atoms with van der Waals surface area (Å²) < 4.78 is 12.4. The Hall–Kier alpha value is -3.71. The monoisotopic (exact) mass is 950 g/mol. The molecule has 0 unspecified atom stereocenters. The summed E-state index contributed by atoms with van der Waals surface area (Å²) in [6.07, 6.45) is 5.04. The lowest BCUT2D eigenvalue weighted by atomic mass is 9.75. The third-order valence-electron chi connectivity index (χ3n) is 9.29. The molecule has 5 aromatic rings. The van der Waals surface area contributed by atoms with Gasteiger partial charge in [-0.1, -0.05) is 153 Å². The second-order valence-corrected chi connectivity index (χ2v) is 19.0. The molecule has 0 radical (unpaired) electrons. The molecule has 0 amide bonds. The van der Waals surface area contributed by atoms with Crippen molar-refractivity contribution in [1.82, 2.24) is 0 Å². The number of carbonyl (C=O) groups is 3. The zero-order valence-electron chi connectivity index (χ0n) is 32.0. The van der Waals surface area contributed by atoms with Crippen molar-refractivity contribution in [2.24, 2.45) is 0 Å². The molecule has 57 heavy (non-hydrogen) atoms. The zero-order valence-corrected chi connectivity index (χ0v) is 37.6. The molecule has 0 aromatic heterocycles. The molecule has 0 saturated heterocycles. The van der Waals surface area contributed by atoms with E-state index in [0.29, 0.717) is 30.8 Å². The second-order valence-electron chi connectivity index (χ2n) is 13.1. The molecule has 2 aliphatic carbocycles. The van der Waals surface area contributed by atoms with Gasteiger partial charge in [0.2, 0.25) is 0 Å². The molecule has 2 saturated carbocycles. The van der Waals surface area contributed by atoms with Crippen molar-refractivity contribution >= 4 is 101 Å². The summed E-state index contributed by atoms with van der Waals surface area (Å²) >= 11 is 16.4. The average Bonchev–Trinajstić information content (AvgIpc) is 3.19. The number of ether oxygens (including phenoxy) is 2. The number of allylic oxidation sites excluding steroid dienone is 1. The third-order valence-corrected chi connectivity index (χ3v) is 14.2. The van der Waals surface area contributed by atoms with E-state index in [1.54, 1.807) is 11.9 Å². The summed E-state index contributed by atoms with van der Waals surface area (Å²) in [4.78, 5) is 34.5. The number of hydrogen-bond acceptors (Lipinski definition) is 5. The van der Waals surface area contributed by atoms with E-state index >= 15 is 0 Å². The maximum absolute atomic E-state index is 12.5. The highest BCUT2D eigenvalue weighted by Crippen LogP contribution is 2.44. The van der Waals surface area contributed by atoms with E-state index in [-0.39, 0.29) is 17.3 Å². The fourth-order valence-electron chi connectivity index (χ4n) is 6.52. The molecule has 5 aromatic carbocycles. The minimum Gasteiger partial charge on any atom is -0.463 e. The number of benzene rings is 5. The van der Waals surface area contributed by atoms with E-state index < -0.39 is 6.89 Å². The van der Waals surface area contributed by atoms with Crippen molar-refractivity contribution in [3.63, 3.8) is 0 Å². The number of carbonyl (C=O) groups excluding carboxylic acids is 3. The molecule has 0 bridgehead atoms. The predicted molar refractivity (Wildman–Crippen MR) is 246 cm³/mol. The molecule has 0 aliphatic heterocycles. The van der Waals surface area contributed by atoms with Crippen LogP contribution in [0.5, 0.6) is 0 Å². The lowest BCUT2D eigenvalue weighted by Crippen LogP contribution is -2.29. The molecule has 0 spiro atoms. The molecular weight excluding hydrogens is 906 g/mol. The van der Waals surface area contributed by atoms with Crippen molar-refractivity contribution in [3.05, 3.63) is 171 Å². The lowest BCUT2D eigenvalue weighted by molar-refractivity contribution is -0.137. The Labute approximate surface area is 364 Å². The van der Waals surface area contributed by atoms with Crippen molar-refractivity contribution < 1.29 is 23.9 Å². The first-order chi connectivity index (χ1) is 27.6. The predicted octanol–water partition coefficient (Wildman–Crippen LogP) is 11.5. The standard InChI is InChI=1S/C22H21O2P.C14H15BrO2.C10H9BrO.CH2Cl2/c1-2-24-22(23)18-25(19-12-6-3-7-13-19,20-14-8-4-9-15-20)21-16-10-5-11-17-21;1-2-17-14(16)8-10-6-12(7-10)11-4-3-5-13(15)9-11;11-9-3-1-2-7(4-9)8-5-10(12)6-8;2-1-3/h3-18H,2H2,1H3;3-5,8-9,12H,2,6-7H2,1H3;1-4,8H,5-6H2;1H2. The van der Waals surface area contributed by atoms with Crippen LogP contribution in [0.25, 0.3) is 0 Å². The van der Waals surface area contributed by atoms with Crippen LogP contribution in [0.2, 0.25) is 0 Å². The van der Waals surface area contributed by atoms with Gasteiger partial charge in [0.05, 0.1) is 18.6 Å². The van der Waals surface area contributed by atoms with Crippen LogP contribution in [0.4, 0.5) is 0 Å². The van der Waals surface area contributed by atoms with Crippen LogP contribution < -0.4 is 15.9 Å². The van der Waals surface area contributed by atoms with E-state index in [1.165, 1.54) is 16.7 Å². The minimum atomic E-state index is -2.24. The van der Waals surface area contributed by atoms with Crippen molar-refractivity contribution in [1.29, 1.82) is 0 Å². The zero-order chi connectivity index (χ0) is 41.0. The summed E-state index contributed by atoms with van der Waals surface area (Å²) in [5, 5.41) is 3.61. The van der Waals surface area contributed by atoms with Gasteiger partial charge < -0.3 is 9.47 Å². The largest absolute Gasteiger partial charge is 0.463 e. The van der Waals surface area contributed by atoms with Gasteiger partial charge in [0.15, 0.2) is 0 Å². The smallest absolute Gasteiger partial charge is 0.331 e. The SMILES string of the molecule is CCOC(=O)C=C1CC(c2cccc(Br)c2)C1.CCOC(=O)C=P(c1ccccc1)(c1ccccc1)c1ccccc1.ClCCl.O=C1CC(c2cccc(Br)c2)C1. The Morgan fingerprint density at radius 2 is 1.00 bits per heavy atom. The summed E-state index contributed by atoms with van der Waals surface area (Å²) in [5.74, 6) is 2.74. The molecule has 0 heterocycles. The van der Waals surface area contributed by atoms with Crippen LogP contribution in [0, 0.1) is 0 Å². The van der Waals surface area contributed by atoms with E-state index in [9.17, 15) is 14.4 Å². The summed E-state index contributed by atoms with van der Waals surface area (Å²) in [6.45, 7) is 2.23. The highest BCUT2D eigenvalue weighted by atomic mass is 79.9. The Balaban J connectivity index is 0.000000194. The first-order valence-electron chi connectivity index (χ1n) is 18.7. The number of rotatable bonds is 9. The number of hydrogen-bond donors (Lipinski definition) is 0. The van der Waals surface area contributed by atoms with Crippen LogP contribution >= 0.6 is 61.9 Å². The van der Waals surface area contributed by atoms with Crippen molar-refractivity contribution in [2.45, 2.75) is 51.4 Å². The quantitative estimate of drug-likeness (QED) is 0.0637. The van der Waals surface area contributed by atoms with Gasteiger partial charge in [-0.25, -0.2) is 9.59 Å². The van der Waals surface area contributed by atoms with Gasteiger partial charge in [-0.05, 0) is 96.7 Å². The molecule has 0 N–H and O–H groups in total. The number of esters is 2. The van der Waals surface area contributed by atoms with E-state index in [0.717, 1.165) is 50.5 Å². The highest BCUT2D eigenvalue weighted by Gasteiger charge is 2.28. The van der Waals surface area contributed by atoms with Crippen molar-refractivity contribution in [2.75, 3.05) is 18.6 Å². The van der Waals surface area contributed by atoms with Gasteiger partial charge in [0, 0.05) is 33.7 Å². The molecule has 2 fully saturated rings. The molecule has 2 aliphatic rings. The molecule has 298 valence electrons. The van der Waals surface area contributed by atoms with Crippen LogP contribution in [0.1, 0.15) is 62.5 Å². The molecular formula is C47H47Br2Cl2O5P. The van der Waals surface area contributed by atoms with Crippen LogP contribution in [-0.2, 0) is 23.9 Å². The summed E-state index contributed by atoms with van der Waals surface area (Å²) in [5.41, 5.74) is 3.80. The third kappa shape index (κ3) is 14.0. The molecule has 10 heteroatoms. The number of Topliss-reactive ketones (excluding diaryl/α,β-unsaturated/α-hetero) is 1. The number of halogens is 4. The highest BCUT2D eigenvalue weighted by molar-refractivity contribution is 9.10. The van der Waals surface area contributed by atoms with E-state index in [1.807, 2.05) is 92.7 Å². The van der Waals surface area contributed by atoms with E-state index in [2.05, 4.69) is 92.5 Å². The first kappa shape index (κ1) is 46.0. The second kappa shape index (κ2) is 24.3. The topological polar surface area (TPSA) is 69.7 Å². The molecule has 7 rings (SSSR count). The summed E-state index contributed by atoms with van der Waals surface area (Å²) in [6, 6.07) is 47.3. The van der Waals surface area contributed by atoms with Gasteiger partial charge in [-0.3, -0.25) is 4.79 Å². The van der Waals surface area contributed by atoms with Gasteiger partial charge in [-0.15, -0.1) is 23.2 Å². The maximum Gasteiger partial charge on any atom is 0.331 e. The van der Waals surface area contributed by atoms with Gasteiger partial charge >= 0.3 is 11.9 Å². The number of ketones is 1. The fraction of sp³-hybridized carbons (Fsp3) is 0.234. The molecule has 0 atom stereocenters. The normalized spacial score (nSPS) is 14.3. The Kier molecular flexibility index (Phi) is 19.6. The maximum atomic E-state index is 12.5.